The number of benzene rings is 1. The second-order valence-electron chi connectivity index (χ2n) is 5.04. The fraction of sp³-hybridized carbons (Fsp3) is 0.0667. The Labute approximate surface area is 173 Å². The molecule has 2 aromatic heterocycles. The number of nitrogens with zero attached hydrogens (tertiary/aromatic N) is 4. The summed E-state index contributed by atoms with van der Waals surface area (Å²) in [5, 5.41) is 0.0163. The third-order valence-corrected chi connectivity index (χ3v) is 5.83. The lowest BCUT2D eigenvalue weighted by molar-refractivity contribution is 0.293. The Bertz CT molecular complexity index is 1070. The summed E-state index contributed by atoms with van der Waals surface area (Å²) in [7, 11) is -4.07. The van der Waals surface area contributed by atoms with Gasteiger partial charge in [0.1, 0.15) is 22.4 Å². The Kier molecular flexibility index (Phi) is 6.10. The highest BCUT2D eigenvalue weighted by Crippen LogP contribution is 2.31. The zero-order valence-electron chi connectivity index (χ0n) is 13.3. The van der Waals surface area contributed by atoms with Gasteiger partial charge < -0.3 is 4.74 Å². The highest BCUT2D eigenvalue weighted by molar-refractivity contribution is 9.10. The van der Waals surface area contributed by atoms with Gasteiger partial charge in [0.15, 0.2) is 0 Å². The third kappa shape index (κ3) is 4.83. The summed E-state index contributed by atoms with van der Waals surface area (Å²) in [4.78, 5) is 15.7. The van der Waals surface area contributed by atoms with E-state index in [-0.39, 0.29) is 33.2 Å². The average Bonchev–Trinajstić information content (AvgIpc) is 2.64. The summed E-state index contributed by atoms with van der Waals surface area (Å²) in [6, 6.07) is 4.28. The second kappa shape index (κ2) is 8.34. The summed E-state index contributed by atoms with van der Waals surface area (Å²) >= 11 is 15.1. The molecule has 0 aliphatic rings. The van der Waals surface area contributed by atoms with Crippen molar-refractivity contribution in [2.75, 3.05) is 4.72 Å². The minimum absolute atomic E-state index is 0.0325. The van der Waals surface area contributed by atoms with Crippen molar-refractivity contribution >= 4 is 55.0 Å². The predicted molar refractivity (Wildman–Crippen MR) is 103 cm³/mol. The highest BCUT2D eigenvalue weighted by atomic mass is 79.9. The van der Waals surface area contributed by atoms with Crippen LogP contribution < -0.4 is 9.46 Å². The number of nitrogens with one attached hydrogen (secondary N) is 1. The molecule has 0 saturated carbocycles. The molecule has 3 aromatic rings. The summed E-state index contributed by atoms with van der Waals surface area (Å²) < 4.78 is 33.6. The van der Waals surface area contributed by atoms with Crippen molar-refractivity contribution in [3.8, 4) is 5.88 Å². The van der Waals surface area contributed by atoms with Gasteiger partial charge in [0.05, 0.1) is 16.2 Å². The number of rotatable bonds is 6. The molecule has 0 radical (unpaired) electrons. The van der Waals surface area contributed by atoms with Gasteiger partial charge in [0.2, 0.25) is 5.82 Å². The SMILES string of the molecule is O=S(=O)(Nc1ncc(Br)nc1OCc1cncnc1)c1cccc(Cl)c1Cl. The monoisotopic (exact) mass is 489 g/mol. The molecule has 0 unspecified atom stereocenters. The summed E-state index contributed by atoms with van der Waals surface area (Å²) in [6.45, 7) is 0.0681. The quantitative estimate of drug-likeness (QED) is 0.561. The van der Waals surface area contributed by atoms with Crippen LogP contribution in [0.15, 0.2) is 52.6 Å². The molecule has 0 amide bonds. The highest BCUT2D eigenvalue weighted by Gasteiger charge is 2.22. The molecule has 0 bridgehead atoms. The molecule has 8 nitrogen and oxygen atoms in total. The van der Waals surface area contributed by atoms with Gasteiger partial charge in [-0.3, -0.25) is 4.72 Å². The largest absolute Gasteiger partial charge is 0.470 e. The van der Waals surface area contributed by atoms with Gasteiger partial charge in [0, 0.05) is 18.0 Å². The van der Waals surface area contributed by atoms with E-state index in [1.807, 2.05) is 0 Å². The third-order valence-electron chi connectivity index (χ3n) is 3.14. The van der Waals surface area contributed by atoms with E-state index in [9.17, 15) is 8.42 Å². The number of sulfonamides is 1. The van der Waals surface area contributed by atoms with Gasteiger partial charge in [-0.2, -0.15) is 0 Å². The molecular weight excluding hydrogens is 481 g/mol. The Morgan fingerprint density at radius 3 is 2.63 bits per heavy atom. The summed E-state index contributed by atoms with van der Waals surface area (Å²) in [5.74, 6) is -0.138. The molecule has 2 heterocycles. The molecule has 1 aromatic carbocycles. The number of halogens is 3. The van der Waals surface area contributed by atoms with E-state index in [1.54, 1.807) is 12.4 Å². The molecule has 3 rings (SSSR count). The average molecular weight is 491 g/mol. The molecule has 27 heavy (non-hydrogen) atoms. The van der Waals surface area contributed by atoms with Crippen molar-refractivity contribution in [3.63, 3.8) is 0 Å². The second-order valence-corrected chi connectivity index (χ2v) is 8.29. The summed E-state index contributed by atoms with van der Waals surface area (Å²) in [5.41, 5.74) is 0.672. The van der Waals surface area contributed by atoms with Crippen molar-refractivity contribution in [2.24, 2.45) is 0 Å². The van der Waals surface area contributed by atoms with E-state index in [1.165, 1.54) is 30.7 Å². The number of hydrogen-bond acceptors (Lipinski definition) is 7. The van der Waals surface area contributed by atoms with E-state index in [0.717, 1.165) is 0 Å². The van der Waals surface area contributed by atoms with Crippen LogP contribution in [0.5, 0.6) is 5.88 Å². The van der Waals surface area contributed by atoms with Crippen molar-refractivity contribution in [2.45, 2.75) is 11.5 Å². The Hall–Kier alpha value is -2.01. The Morgan fingerprint density at radius 2 is 1.89 bits per heavy atom. The first kappa shape index (κ1) is 19.7. The first-order valence-corrected chi connectivity index (χ1v) is 10.3. The van der Waals surface area contributed by atoms with Crippen LogP contribution in [0.2, 0.25) is 10.0 Å². The van der Waals surface area contributed by atoms with Crippen molar-refractivity contribution in [1.29, 1.82) is 0 Å². The molecule has 12 heteroatoms. The molecule has 0 saturated heterocycles. The lowest BCUT2D eigenvalue weighted by Gasteiger charge is -2.13. The number of aromatic nitrogens is 4. The summed E-state index contributed by atoms with van der Waals surface area (Å²) in [6.07, 6.45) is 5.84. The minimum Gasteiger partial charge on any atom is -0.470 e. The smallest absolute Gasteiger partial charge is 0.264 e. The lowest BCUT2D eigenvalue weighted by Crippen LogP contribution is -2.16. The molecule has 0 aliphatic heterocycles. The van der Waals surface area contributed by atoms with Gasteiger partial charge in [0.25, 0.3) is 15.9 Å². The van der Waals surface area contributed by atoms with Crippen molar-refractivity contribution in [1.82, 2.24) is 19.9 Å². The Morgan fingerprint density at radius 1 is 1.15 bits per heavy atom. The first-order chi connectivity index (χ1) is 12.9. The van der Waals surface area contributed by atoms with E-state index >= 15 is 0 Å². The van der Waals surface area contributed by atoms with Crippen LogP contribution in [0, 0.1) is 0 Å². The maximum atomic E-state index is 12.7. The van der Waals surface area contributed by atoms with Crippen LogP contribution in [0.3, 0.4) is 0 Å². The maximum Gasteiger partial charge on any atom is 0.264 e. The van der Waals surface area contributed by atoms with E-state index in [0.29, 0.717) is 10.2 Å². The fourth-order valence-electron chi connectivity index (χ4n) is 1.95. The molecule has 1 N–H and O–H groups in total. The van der Waals surface area contributed by atoms with Crippen LogP contribution in [-0.4, -0.2) is 28.4 Å². The topological polar surface area (TPSA) is 107 Å². The Balaban J connectivity index is 1.89. The predicted octanol–water partition coefficient (Wildman–Crippen LogP) is 3.72. The number of anilines is 1. The number of hydrogen-bond donors (Lipinski definition) is 1. The van der Waals surface area contributed by atoms with Crippen molar-refractivity contribution < 1.29 is 13.2 Å². The maximum absolute atomic E-state index is 12.7. The standard InChI is InChI=1S/C15H10BrCl2N5O3S/c16-12-6-21-14(15(22-12)26-7-9-4-19-8-20-5-9)23-27(24,25)11-3-1-2-10(17)13(11)18/h1-6,8H,7H2,(H,21,23). The van der Waals surface area contributed by atoms with E-state index < -0.39 is 10.0 Å². The minimum atomic E-state index is -4.07. The van der Waals surface area contributed by atoms with Crippen LogP contribution in [0.25, 0.3) is 0 Å². The zero-order valence-corrected chi connectivity index (χ0v) is 17.2. The van der Waals surface area contributed by atoms with Crippen LogP contribution in [0.4, 0.5) is 5.82 Å². The van der Waals surface area contributed by atoms with Gasteiger partial charge in [-0.25, -0.2) is 28.4 Å². The van der Waals surface area contributed by atoms with Gasteiger partial charge in [-0.1, -0.05) is 29.3 Å². The molecule has 0 atom stereocenters. The van der Waals surface area contributed by atoms with Gasteiger partial charge >= 0.3 is 0 Å². The molecule has 0 spiro atoms. The molecule has 140 valence electrons. The molecular formula is C15H10BrCl2N5O3S. The fourth-order valence-corrected chi connectivity index (χ4v) is 3.99. The van der Waals surface area contributed by atoms with E-state index in [4.69, 9.17) is 27.9 Å². The van der Waals surface area contributed by atoms with Crippen LogP contribution in [-0.2, 0) is 16.6 Å². The zero-order chi connectivity index (χ0) is 19.4. The molecule has 0 aliphatic carbocycles. The molecule has 0 fully saturated rings. The number of ether oxygens (including phenoxy) is 1. The van der Waals surface area contributed by atoms with E-state index in [2.05, 4.69) is 40.6 Å². The van der Waals surface area contributed by atoms with Crippen LogP contribution in [0.1, 0.15) is 5.56 Å². The normalized spacial score (nSPS) is 11.2. The lowest BCUT2D eigenvalue weighted by atomic mass is 10.4. The van der Waals surface area contributed by atoms with Gasteiger partial charge in [-0.15, -0.1) is 0 Å². The first-order valence-electron chi connectivity index (χ1n) is 7.23. The van der Waals surface area contributed by atoms with Crippen LogP contribution >= 0.6 is 39.1 Å². The van der Waals surface area contributed by atoms with Crippen molar-refractivity contribution in [3.05, 3.63) is 63.3 Å². The van der Waals surface area contributed by atoms with Gasteiger partial charge in [-0.05, 0) is 28.1 Å².